The highest BCUT2D eigenvalue weighted by molar-refractivity contribution is 5.30. The van der Waals surface area contributed by atoms with E-state index in [9.17, 15) is 0 Å². The van der Waals surface area contributed by atoms with Gasteiger partial charge >= 0.3 is 0 Å². The van der Waals surface area contributed by atoms with E-state index in [0.29, 0.717) is 5.41 Å². The fourth-order valence-electron chi connectivity index (χ4n) is 2.30. The van der Waals surface area contributed by atoms with Gasteiger partial charge in [-0.3, -0.25) is 0 Å². The molecule has 0 saturated heterocycles. The van der Waals surface area contributed by atoms with Crippen LogP contribution in [0.4, 0.5) is 0 Å². The molecule has 1 saturated carbocycles. The zero-order valence-electron chi connectivity index (χ0n) is 9.48. The number of hydrogen-bond acceptors (Lipinski definition) is 0. The van der Waals surface area contributed by atoms with Crippen LogP contribution >= 0.6 is 0 Å². The van der Waals surface area contributed by atoms with Crippen LogP contribution in [0.2, 0.25) is 0 Å². The van der Waals surface area contributed by atoms with E-state index in [0.717, 1.165) is 0 Å². The predicted molar refractivity (Wildman–Crippen MR) is 59.8 cm³/mol. The van der Waals surface area contributed by atoms with Crippen molar-refractivity contribution >= 4 is 0 Å². The first-order valence-electron chi connectivity index (χ1n) is 5.46. The predicted octanol–water partition coefficient (Wildman–Crippen LogP) is 4.48. The summed E-state index contributed by atoms with van der Waals surface area (Å²) in [6, 6.07) is 0. The van der Waals surface area contributed by atoms with Crippen LogP contribution in [0.15, 0.2) is 23.3 Å². The molecule has 0 aliphatic heterocycles. The Morgan fingerprint density at radius 1 is 1.31 bits per heavy atom. The van der Waals surface area contributed by atoms with Crippen molar-refractivity contribution in [2.24, 2.45) is 5.41 Å². The maximum atomic E-state index is 2.36. The maximum Gasteiger partial charge on any atom is -0.00528 e. The lowest BCUT2D eigenvalue weighted by Gasteiger charge is -2.43. The van der Waals surface area contributed by atoms with Crippen molar-refractivity contribution < 1.29 is 0 Å². The molecular weight excluding hydrogens is 156 g/mol. The molecular formula is C13H22. The average molecular weight is 178 g/mol. The summed E-state index contributed by atoms with van der Waals surface area (Å²) in [5.41, 5.74) is 3.54. The van der Waals surface area contributed by atoms with Crippen LogP contribution in [0, 0.1) is 5.41 Å². The second-order valence-electron chi connectivity index (χ2n) is 4.45. The zero-order valence-corrected chi connectivity index (χ0v) is 9.48. The van der Waals surface area contributed by atoms with Gasteiger partial charge in [0.2, 0.25) is 0 Å². The zero-order chi connectivity index (χ0) is 9.90. The molecule has 0 spiro atoms. The highest BCUT2D eigenvalue weighted by Gasteiger charge is 2.36. The molecule has 0 atom stereocenters. The quantitative estimate of drug-likeness (QED) is 0.559. The third-order valence-corrected chi connectivity index (χ3v) is 3.35. The summed E-state index contributed by atoms with van der Waals surface area (Å²) in [6.07, 6.45) is 10.2. The van der Waals surface area contributed by atoms with Crippen LogP contribution < -0.4 is 0 Å². The smallest absolute Gasteiger partial charge is 0.00528 e. The second kappa shape index (κ2) is 4.13. The van der Waals surface area contributed by atoms with Crippen LogP contribution in [0.3, 0.4) is 0 Å². The summed E-state index contributed by atoms with van der Waals surface area (Å²) >= 11 is 0. The van der Waals surface area contributed by atoms with E-state index in [2.05, 4.69) is 39.8 Å². The minimum Gasteiger partial charge on any atom is -0.0839 e. The van der Waals surface area contributed by atoms with Crippen molar-refractivity contribution in [3.05, 3.63) is 23.3 Å². The molecule has 1 fully saturated rings. The van der Waals surface area contributed by atoms with Gasteiger partial charge in [-0.05, 0) is 51.0 Å². The van der Waals surface area contributed by atoms with Crippen LogP contribution in [0.25, 0.3) is 0 Å². The first-order valence-corrected chi connectivity index (χ1v) is 5.46. The van der Waals surface area contributed by atoms with Crippen LogP contribution in [-0.4, -0.2) is 0 Å². The van der Waals surface area contributed by atoms with E-state index in [1.165, 1.54) is 31.3 Å². The van der Waals surface area contributed by atoms with E-state index < -0.39 is 0 Å². The fraction of sp³-hybridized carbons (Fsp3) is 0.692. The lowest BCUT2D eigenvalue weighted by Crippen LogP contribution is -2.30. The molecule has 0 bridgehead atoms. The van der Waals surface area contributed by atoms with Crippen molar-refractivity contribution in [3.8, 4) is 0 Å². The first kappa shape index (κ1) is 10.6. The van der Waals surface area contributed by atoms with Crippen molar-refractivity contribution in [1.82, 2.24) is 0 Å². The summed E-state index contributed by atoms with van der Waals surface area (Å²) in [6.45, 7) is 8.86. The van der Waals surface area contributed by atoms with Gasteiger partial charge in [0.15, 0.2) is 0 Å². The lowest BCUT2D eigenvalue weighted by molar-refractivity contribution is 0.183. The Hall–Kier alpha value is -0.520. The summed E-state index contributed by atoms with van der Waals surface area (Å²) in [4.78, 5) is 0. The van der Waals surface area contributed by atoms with E-state index >= 15 is 0 Å². The van der Waals surface area contributed by atoms with Gasteiger partial charge in [0, 0.05) is 0 Å². The van der Waals surface area contributed by atoms with Crippen molar-refractivity contribution in [1.29, 1.82) is 0 Å². The summed E-state index contributed by atoms with van der Waals surface area (Å²) < 4.78 is 0. The Balaban J connectivity index is 2.83. The molecule has 13 heavy (non-hydrogen) atoms. The SMILES string of the molecule is CC=C(C=C(C)C)C1(CC)CCC1. The Labute approximate surface area is 82.7 Å². The molecule has 0 heteroatoms. The summed E-state index contributed by atoms with van der Waals surface area (Å²) in [5, 5.41) is 0. The monoisotopic (exact) mass is 178 g/mol. The Morgan fingerprint density at radius 3 is 2.15 bits per heavy atom. The Bertz CT molecular complexity index is 217. The molecule has 0 heterocycles. The molecule has 74 valence electrons. The Kier molecular flexibility index (Phi) is 3.35. The molecule has 0 N–H and O–H groups in total. The highest BCUT2D eigenvalue weighted by Crippen LogP contribution is 2.50. The molecule has 1 aliphatic rings. The van der Waals surface area contributed by atoms with Crippen molar-refractivity contribution in [2.75, 3.05) is 0 Å². The number of allylic oxidation sites excluding steroid dienone is 4. The molecule has 0 unspecified atom stereocenters. The van der Waals surface area contributed by atoms with Gasteiger partial charge in [-0.1, -0.05) is 31.1 Å². The van der Waals surface area contributed by atoms with Crippen molar-refractivity contribution in [3.63, 3.8) is 0 Å². The van der Waals surface area contributed by atoms with Gasteiger partial charge in [-0.2, -0.15) is 0 Å². The van der Waals surface area contributed by atoms with Crippen LogP contribution in [-0.2, 0) is 0 Å². The van der Waals surface area contributed by atoms with E-state index in [1.54, 1.807) is 5.57 Å². The average Bonchev–Trinajstić information content (AvgIpc) is 2.01. The molecule has 0 aromatic rings. The molecule has 0 amide bonds. The molecule has 0 aromatic carbocycles. The minimum absolute atomic E-state index is 0.548. The largest absolute Gasteiger partial charge is 0.0839 e. The first-order chi connectivity index (χ1) is 6.14. The molecule has 1 rings (SSSR count). The van der Waals surface area contributed by atoms with E-state index in [1.807, 2.05) is 0 Å². The second-order valence-corrected chi connectivity index (χ2v) is 4.45. The van der Waals surface area contributed by atoms with Gasteiger partial charge in [0.1, 0.15) is 0 Å². The Morgan fingerprint density at radius 2 is 1.92 bits per heavy atom. The van der Waals surface area contributed by atoms with Crippen LogP contribution in [0.5, 0.6) is 0 Å². The summed E-state index contributed by atoms with van der Waals surface area (Å²) in [5.74, 6) is 0. The van der Waals surface area contributed by atoms with Crippen LogP contribution in [0.1, 0.15) is 53.4 Å². The fourth-order valence-corrected chi connectivity index (χ4v) is 2.30. The number of hydrogen-bond donors (Lipinski definition) is 0. The maximum absolute atomic E-state index is 2.36. The van der Waals surface area contributed by atoms with Gasteiger partial charge in [-0.15, -0.1) is 0 Å². The molecule has 0 radical (unpaired) electrons. The lowest BCUT2D eigenvalue weighted by atomic mass is 9.62. The highest BCUT2D eigenvalue weighted by atomic mass is 14.4. The van der Waals surface area contributed by atoms with Gasteiger partial charge in [0.05, 0.1) is 0 Å². The standard InChI is InChI=1S/C13H22/c1-5-12(10-11(3)4)13(6-2)8-7-9-13/h5,10H,6-9H2,1-4H3. The molecule has 0 nitrogen and oxygen atoms in total. The van der Waals surface area contributed by atoms with Crippen molar-refractivity contribution in [2.45, 2.75) is 53.4 Å². The normalized spacial score (nSPS) is 20.8. The topological polar surface area (TPSA) is 0 Å². The van der Waals surface area contributed by atoms with E-state index in [-0.39, 0.29) is 0 Å². The minimum atomic E-state index is 0.548. The van der Waals surface area contributed by atoms with Gasteiger partial charge in [-0.25, -0.2) is 0 Å². The third kappa shape index (κ3) is 2.04. The third-order valence-electron chi connectivity index (χ3n) is 3.35. The van der Waals surface area contributed by atoms with Gasteiger partial charge < -0.3 is 0 Å². The number of rotatable bonds is 3. The molecule has 0 aromatic heterocycles. The van der Waals surface area contributed by atoms with E-state index in [4.69, 9.17) is 0 Å². The van der Waals surface area contributed by atoms with Gasteiger partial charge in [0.25, 0.3) is 0 Å². The molecule has 1 aliphatic carbocycles. The summed E-state index contributed by atoms with van der Waals surface area (Å²) in [7, 11) is 0.